The molecule has 0 fully saturated rings. The van der Waals surface area contributed by atoms with Gasteiger partial charge in [0.15, 0.2) is 0 Å². The Bertz CT molecular complexity index is 788. The van der Waals surface area contributed by atoms with Crippen LogP contribution in [-0.2, 0) is 11.1 Å². The summed E-state index contributed by atoms with van der Waals surface area (Å²) in [6.45, 7) is 0.524. The van der Waals surface area contributed by atoms with Gasteiger partial charge in [0.05, 0.1) is 5.52 Å². The fourth-order valence-electron chi connectivity index (χ4n) is 2.47. The highest BCUT2D eigenvalue weighted by Crippen LogP contribution is 2.38. The zero-order chi connectivity index (χ0) is 15.4. The van der Waals surface area contributed by atoms with Crippen molar-refractivity contribution in [2.45, 2.75) is 12.3 Å². The van der Waals surface area contributed by atoms with E-state index in [0.29, 0.717) is 6.54 Å². The molecule has 2 atom stereocenters. The van der Waals surface area contributed by atoms with Crippen LogP contribution in [0.4, 0.5) is 0 Å². The number of hydrogen-bond acceptors (Lipinski definition) is 3. The van der Waals surface area contributed by atoms with Crippen molar-refractivity contribution in [3.8, 4) is 0 Å². The molecule has 1 heterocycles. The normalized spacial score (nSPS) is 13.0. The maximum Gasteiger partial charge on any atom is 0.529 e. The zero-order valence-corrected chi connectivity index (χ0v) is 12.8. The molecule has 22 heavy (non-hydrogen) atoms. The maximum atomic E-state index is 11.8. The van der Waals surface area contributed by atoms with E-state index in [0.717, 1.165) is 22.0 Å². The first-order valence-electron chi connectivity index (χ1n) is 7.02. The Morgan fingerprint density at radius 2 is 1.82 bits per heavy atom. The van der Waals surface area contributed by atoms with Crippen LogP contribution in [0.2, 0.25) is 0 Å². The maximum absolute atomic E-state index is 11.8. The summed E-state index contributed by atoms with van der Waals surface area (Å²) in [4.78, 5) is 14.1. The van der Waals surface area contributed by atoms with Gasteiger partial charge in [-0.15, -0.1) is 0 Å². The largest absolute Gasteiger partial charge is 0.529 e. The standard InChI is InChI=1S/C17H15N2O2P/c20-22(21)17(19-12-13-6-2-1-3-7-13)15-10-4-8-14-9-5-11-18-16(14)15/h1-11,17,19H,12H2/p+1. The summed E-state index contributed by atoms with van der Waals surface area (Å²) in [6.07, 6.45) is 1.70. The van der Waals surface area contributed by atoms with Gasteiger partial charge in [0.1, 0.15) is 0 Å². The predicted molar refractivity (Wildman–Crippen MR) is 87.6 cm³/mol. The quantitative estimate of drug-likeness (QED) is 0.704. The molecule has 5 heteroatoms. The molecular weight excluding hydrogens is 295 g/mol. The van der Waals surface area contributed by atoms with Crippen LogP contribution in [0.25, 0.3) is 10.9 Å². The smallest absolute Gasteiger partial charge is 0.263 e. The fourth-order valence-corrected chi connectivity index (χ4v) is 3.16. The van der Waals surface area contributed by atoms with Gasteiger partial charge >= 0.3 is 8.03 Å². The number of aromatic nitrogens is 1. The summed E-state index contributed by atoms with van der Waals surface area (Å²) in [7, 11) is -2.41. The van der Waals surface area contributed by atoms with Gasteiger partial charge in [-0.05, 0) is 16.2 Å². The first kappa shape index (κ1) is 14.8. The second-order valence-corrected chi connectivity index (χ2v) is 6.12. The highest BCUT2D eigenvalue weighted by atomic mass is 31.1. The van der Waals surface area contributed by atoms with Gasteiger partial charge in [0, 0.05) is 23.7 Å². The van der Waals surface area contributed by atoms with Gasteiger partial charge in [-0.2, -0.15) is 4.89 Å². The lowest BCUT2D eigenvalue weighted by Gasteiger charge is -2.10. The van der Waals surface area contributed by atoms with Crippen LogP contribution in [0.1, 0.15) is 16.9 Å². The third kappa shape index (κ3) is 3.20. The van der Waals surface area contributed by atoms with E-state index in [1.165, 1.54) is 0 Å². The van der Waals surface area contributed by atoms with Crippen LogP contribution in [0, 0.1) is 0 Å². The van der Waals surface area contributed by atoms with Crippen molar-refractivity contribution in [3.63, 3.8) is 0 Å². The minimum atomic E-state index is -2.41. The first-order valence-corrected chi connectivity index (χ1v) is 8.30. The lowest BCUT2D eigenvalue weighted by atomic mass is 10.1. The van der Waals surface area contributed by atoms with E-state index >= 15 is 0 Å². The lowest BCUT2D eigenvalue weighted by Crippen LogP contribution is -2.18. The van der Waals surface area contributed by atoms with Crippen molar-refractivity contribution in [2.24, 2.45) is 0 Å². The second-order valence-electron chi connectivity index (χ2n) is 4.99. The molecule has 0 amide bonds. The SMILES string of the molecule is O=[P+](O)C(NCc1ccccc1)c1cccc2cccnc12. The molecule has 0 bridgehead atoms. The summed E-state index contributed by atoms with van der Waals surface area (Å²) in [5.41, 5.74) is 2.57. The van der Waals surface area contributed by atoms with Crippen LogP contribution in [0.15, 0.2) is 66.9 Å². The molecule has 0 aliphatic carbocycles. The van der Waals surface area contributed by atoms with Crippen LogP contribution < -0.4 is 5.32 Å². The Balaban J connectivity index is 1.92. The van der Waals surface area contributed by atoms with Gasteiger partial charge < -0.3 is 0 Å². The molecule has 110 valence electrons. The molecule has 0 aliphatic heterocycles. The van der Waals surface area contributed by atoms with Crippen molar-refractivity contribution in [3.05, 3.63) is 78.0 Å². The number of pyridine rings is 1. The molecule has 3 rings (SSSR count). The molecule has 2 N–H and O–H groups in total. The Hall–Kier alpha value is -2.13. The van der Waals surface area contributed by atoms with E-state index in [4.69, 9.17) is 0 Å². The van der Waals surface area contributed by atoms with Crippen molar-refractivity contribution in [1.29, 1.82) is 0 Å². The topological polar surface area (TPSA) is 62.2 Å². The van der Waals surface area contributed by atoms with E-state index in [1.807, 2.05) is 60.7 Å². The molecule has 2 unspecified atom stereocenters. The van der Waals surface area contributed by atoms with E-state index in [2.05, 4.69) is 10.3 Å². The van der Waals surface area contributed by atoms with Gasteiger partial charge in [0.25, 0.3) is 5.78 Å². The minimum absolute atomic E-state index is 0.524. The highest BCUT2D eigenvalue weighted by molar-refractivity contribution is 7.38. The molecule has 0 spiro atoms. The van der Waals surface area contributed by atoms with E-state index in [-0.39, 0.29) is 0 Å². The minimum Gasteiger partial charge on any atom is -0.263 e. The van der Waals surface area contributed by atoms with E-state index in [9.17, 15) is 9.46 Å². The monoisotopic (exact) mass is 311 g/mol. The molecule has 2 aromatic carbocycles. The fraction of sp³-hybridized carbons (Fsp3) is 0.118. The number of hydrogen-bond donors (Lipinski definition) is 2. The van der Waals surface area contributed by atoms with Gasteiger partial charge in [0.2, 0.25) is 0 Å². The number of benzene rings is 2. The highest BCUT2D eigenvalue weighted by Gasteiger charge is 2.32. The first-order chi connectivity index (χ1) is 10.8. The second kappa shape index (κ2) is 6.75. The van der Waals surface area contributed by atoms with Gasteiger partial charge in [-0.3, -0.25) is 10.3 Å². The Morgan fingerprint density at radius 3 is 2.59 bits per heavy atom. The Labute approximate surface area is 129 Å². The van der Waals surface area contributed by atoms with Crippen LogP contribution in [0.5, 0.6) is 0 Å². The van der Waals surface area contributed by atoms with Crippen molar-refractivity contribution in [2.75, 3.05) is 0 Å². The summed E-state index contributed by atoms with van der Waals surface area (Å²) < 4.78 is 11.8. The summed E-state index contributed by atoms with van der Waals surface area (Å²) >= 11 is 0. The number of fused-ring (bicyclic) bond motifs is 1. The Morgan fingerprint density at radius 1 is 1.05 bits per heavy atom. The third-order valence-corrected chi connectivity index (χ3v) is 4.42. The summed E-state index contributed by atoms with van der Waals surface area (Å²) in [5.74, 6) is -0.645. The van der Waals surface area contributed by atoms with Crippen LogP contribution >= 0.6 is 8.03 Å². The zero-order valence-electron chi connectivity index (χ0n) is 11.9. The van der Waals surface area contributed by atoms with Crippen molar-refractivity contribution < 1.29 is 9.46 Å². The molecule has 0 saturated carbocycles. The van der Waals surface area contributed by atoms with E-state index < -0.39 is 13.8 Å². The van der Waals surface area contributed by atoms with Gasteiger partial charge in [-0.25, -0.2) is 0 Å². The summed E-state index contributed by atoms with van der Waals surface area (Å²) in [6, 6.07) is 19.3. The Kier molecular flexibility index (Phi) is 4.54. The van der Waals surface area contributed by atoms with Crippen molar-refractivity contribution >= 4 is 18.9 Å². The van der Waals surface area contributed by atoms with Gasteiger partial charge in [-0.1, -0.05) is 54.6 Å². The molecule has 1 aromatic heterocycles. The average molecular weight is 311 g/mol. The molecule has 0 radical (unpaired) electrons. The molecule has 4 nitrogen and oxygen atoms in total. The number of nitrogens with zero attached hydrogens (tertiary/aromatic N) is 1. The third-order valence-electron chi connectivity index (χ3n) is 3.52. The van der Waals surface area contributed by atoms with Crippen molar-refractivity contribution in [1.82, 2.24) is 10.3 Å². The molecular formula is C17H16N2O2P+. The summed E-state index contributed by atoms with van der Waals surface area (Å²) in [5, 5.41) is 4.13. The lowest BCUT2D eigenvalue weighted by molar-refractivity contribution is 0.474. The predicted octanol–water partition coefficient (Wildman–Crippen LogP) is 3.76. The van der Waals surface area contributed by atoms with Crippen LogP contribution in [-0.4, -0.2) is 9.88 Å². The number of nitrogens with one attached hydrogen (secondary N) is 1. The molecule has 0 saturated heterocycles. The van der Waals surface area contributed by atoms with Crippen LogP contribution in [0.3, 0.4) is 0 Å². The molecule has 0 aliphatic rings. The molecule has 3 aromatic rings. The number of para-hydroxylation sites is 1. The average Bonchev–Trinajstić information content (AvgIpc) is 2.56. The van der Waals surface area contributed by atoms with E-state index in [1.54, 1.807) is 6.20 Å². The number of rotatable bonds is 5.